The summed E-state index contributed by atoms with van der Waals surface area (Å²) >= 11 is 3.54. The maximum Gasteiger partial charge on any atom is 0.223 e. The second-order valence-electron chi connectivity index (χ2n) is 9.65. The van der Waals surface area contributed by atoms with Crippen molar-refractivity contribution < 1.29 is 4.79 Å². The molecule has 2 saturated carbocycles. The molecule has 2 aliphatic rings. The number of nitrogens with zero attached hydrogens (tertiary/aromatic N) is 6. The quantitative estimate of drug-likeness (QED) is 0.348. The Bertz CT molecular complexity index is 1490. The van der Waals surface area contributed by atoms with Gasteiger partial charge in [0, 0.05) is 31.3 Å². The Morgan fingerprint density at radius 1 is 1.20 bits per heavy atom. The molecular weight excluding hydrogens is 506 g/mol. The number of pyridine rings is 1. The molecule has 1 aromatic carbocycles. The highest BCUT2D eigenvalue weighted by molar-refractivity contribution is 9.10. The van der Waals surface area contributed by atoms with E-state index in [1.165, 1.54) is 12.8 Å². The molecule has 2 atom stereocenters. The molecule has 0 bridgehead atoms. The van der Waals surface area contributed by atoms with E-state index in [-0.39, 0.29) is 11.8 Å². The summed E-state index contributed by atoms with van der Waals surface area (Å²) in [7, 11) is 0. The molecule has 2 aliphatic carbocycles. The first-order valence-corrected chi connectivity index (χ1v) is 12.8. The van der Waals surface area contributed by atoms with Gasteiger partial charge in [-0.15, -0.1) is 0 Å². The molecule has 0 unspecified atom stereocenters. The van der Waals surface area contributed by atoms with E-state index in [0.717, 1.165) is 54.5 Å². The van der Waals surface area contributed by atoms with Gasteiger partial charge < -0.3 is 5.32 Å². The molecule has 9 heteroatoms. The molecular formula is C26H24BrN7O. The average molecular weight is 530 g/mol. The van der Waals surface area contributed by atoms with E-state index in [0.29, 0.717) is 33.3 Å². The van der Waals surface area contributed by atoms with Crippen LogP contribution in [0.3, 0.4) is 0 Å². The number of aromatic nitrogens is 5. The molecule has 1 N–H and O–H groups in total. The van der Waals surface area contributed by atoms with Crippen molar-refractivity contribution in [1.29, 1.82) is 0 Å². The van der Waals surface area contributed by atoms with Gasteiger partial charge in [0.25, 0.3) is 0 Å². The second-order valence-corrected chi connectivity index (χ2v) is 10.4. The Morgan fingerprint density at radius 3 is 2.89 bits per heavy atom. The average Bonchev–Trinajstić information content (AvgIpc) is 3.50. The van der Waals surface area contributed by atoms with Crippen LogP contribution in [0.4, 0.5) is 5.69 Å². The maximum absolute atomic E-state index is 12.5. The molecule has 0 aliphatic heterocycles. The van der Waals surface area contributed by atoms with E-state index >= 15 is 0 Å². The van der Waals surface area contributed by atoms with Crippen molar-refractivity contribution in [3.63, 3.8) is 0 Å². The van der Waals surface area contributed by atoms with Crippen LogP contribution < -0.4 is 5.32 Å². The van der Waals surface area contributed by atoms with Gasteiger partial charge in [-0.1, -0.05) is 6.07 Å². The molecule has 6 rings (SSSR count). The van der Waals surface area contributed by atoms with Crippen LogP contribution in [0.5, 0.6) is 0 Å². The molecule has 2 fully saturated rings. The van der Waals surface area contributed by atoms with Crippen LogP contribution in [-0.2, 0) is 11.2 Å². The zero-order valence-electron chi connectivity index (χ0n) is 19.1. The van der Waals surface area contributed by atoms with E-state index < -0.39 is 0 Å². The SMILES string of the molecule is [C-]#[N+]c1cc(-n2nc(Br)c3cnc(C[C@@H]4CC[C@@H](C(=O)NCC5CC5)C4)nc32)cc2cccnc12. The van der Waals surface area contributed by atoms with Crippen molar-refractivity contribution in [3.05, 3.63) is 58.5 Å². The summed E-state index contributed by atoms with van der Waals surface area (Å²) in [5.41, 5.74) is 2.60. The van der Waals surface area contributed by atoms with Crippen LogP contribution in [0.1, 0.15) is 37.9 Å². The van der Waals surface area contributed by atoms with Gasteiger partial charge in [0.15, 0.2) is 5.65 Å². The minimum Gasteiger partial charge on any atom is -0.356 e. The Balaban J connectivity index is 1.26. The molecule has 0 radical (unpaired) electrons. The first-order chi connectivity index (χ1) is 17.1. The van der Waals surface area contributed by atoms with E-state index in [1.54, 1.807) is 23.1 Å². The smallest absolute Gasteiger partial charge is 0.223 e. The van der Waals surface area contributed by atoms with Crippen molar-refractivity contribution in [2.24, 2.45) is 17.8 Å². The molecule has 35 heavy (non-hydrogen) atoms. The van der Waals surface area contributed by atoms with Gasteiger partial charge in [0.2, 0.25) is 11.6 Å². The minimum absolute atomic E-state index is 0.0976. The van der Waals surface area contributed by atoms with E-state index in [2.05, 4.69) is 41.2 Å². The molecule has 0 saturated heterocycles. The Kier molecular flexibility index (Phi) is 5.69. The predicted molar refractivity (Wildman–Crippen MR) is 136 cm³/mol. The summed E-state index contributed by atoms with van der Waals surface area (Å²) in [5.74, 6) is 2.15. The first-order valence-electron chi connectivity index (χ1n) is 12.0. The number of carbonyl (C=O) groups is 1. The van der Waals surface area contributed by atoms with Crippen molar-refractivity contribution in [1.82, 2.24) is 30.0 Å². The van der Waals surface area contributed by atoms with Gasteiger partial charge in [-0.25, -0.2) is 19.5 Å². The fourth-order valence-corrected chi connectivity index (χ4v) is 5.45. The molecule has 4 aromatic rings. The van der Waals surface area contributed by atoms with Gasteiger partial charge in [-0.2, -0.15) is 5.10 Å². The molecule has 3 heterocycles. The zero-order chi connectivity index (χ0) is 23.9. The third-order valence-corrected chi connectivity index (χ3v) is 7.69. The van der Waals surface area contributed by atoms with Crippen molar-refractivity contribution in [2.45, 2.75) is 38.5 Å². The number of amides is 1. The number of fused-ring (bicyclic) bond motifs is 2. The van der Waals surface area contributed by atoms with E-state index in [9.17, 15) is 4.79 Å². The zero-order valence-corrected chi connectivity index (χ0v) is 20.7. The Hall–Kier alpha value is -3.38. The van der Waals surface area contributed by atoms with Gasteiger partial charge >= 0.3 is 0 Å². The maximum atomic E-state index is 12.5. The summed E-state index contributed by atoms with van der Waals surface area (Å²) in [5, 5.41) is 9.47. The second kappa shape index (κ2) is 9.00. The minimum atomic E-state index is 0.0976. The fourth-order valence-electron chi connectivity index (χ4n) is 5.02. The third kappa shape index (κ3) is 4.39. The van der Waals surface area contributed by atoms with E-state index in [1.807, 2.05) is 18.2 Å². The molecule has 8 nitrogen and oxygen atoms in total. The number of hydrogen-bond donors (Lipinski definition) is 1. The molecule has 3 aromatic heterocycles. The normalized spacial score (nSPS) is 19.8. The Morgan fingerprint density at radius 2 is 2.06 bits per heavy atom. The van der Waals surface area contributed by atoms with Crippen molar-refractivity contribution in [2.75, 3.05) is 6.54 Å². The highest BCUT2D eigenvalue weighted by atomic mass is 79.9. The molecule has 1 amide bonds. The summed E-state index contributed by atoms with van der Waals surface area (Å²) in [6.07, 6.45) is 9.55. The number of rotatable bonds is 6. The summed E-state index contributed by atoms with van der Waals surface area (Å²) in [4.78, 5) is 30.0. The number of hydrogen-bond acceptors (Lipinski definition) is 5. The number of benzene rings is 1. The lowest BCUT2D eigenvalue weighted by atomic mass is 10.0. The van der Waals surface area contributed by atoms with Gasteiger partial charge in [-0.05, 0) is 83.5 Å². The van der Waals surface area contributed by atoms with Gasteiger partial charge in [0.1, 0.15) is 10.4 Å². The summed E-state index contributed by atoms with van der Waals surface area (Å²) < 4.78 is 2.41. The lowest BCUT2D eigenvalue weighted by Gasteiger charge is -2.12. The highest BCUT2D eigenvalue weighted by Crippen LogP contribution is 2.35. The monoisotopic (exact) mass is 529 g/mol. The Labute approximate surface area is 211 Å². The van der Waals surface area contributed by atoms with Crippen LogP contribution in [0.2, 0.25) is 0 Å². The van der Waals surface area contributed by atoms with Crippen LogP contribution >= 0.6 is 15.9 Å². The van der Waals surface area contributed by atoms with Gasteiger partial charge in [-0.3, -0.25) is 9.78 Å². The summed E-state index contributed by atoms with van der Waals surface area (Å²) in [6, 6.07) is 7.57. The molecule has 176 valence electrons. The standard InChI is InChI=1S/C26H24BrN7O/c1-28-21-12-19(11-17-3-2-8-29-23(17)21)34-25-20(24(27)33-34)14-30-22(32-25)10-16-6-7-18(9-16)26(35)31-13-15-4-5-15/h2-3,8,11-12,14-16,18H,4-7,9-10,13H2,(H,31,35)/t16-,18-/m1/s1. The number of carbonyl (C=O) groups excluding carboxylic acids is 1. The largest absolute Gasteiger partial charge is 0.356 e. The topological polar surface area (TPSA) is 90.0 Å². The number of halogens is 1. The highest BCUT2D eigenvalue weighted by Gasteiger charge is 2.31. The van der Waals surface area contributed by atoms with Gasteiger partial charge in [0.05, 0.1) is 23.2 Å². The molecule has 0 spiro atoms. The van der Waals surface area contributed by atoms with Crippen molar-refractivity contribution >= 4 is 49.5 Å². The van der Waals surface area contributed by atoms with Crippen LogP contribution in [0.25, 0.3) is 32.5 Å². The summed E-state index contributed by atoms with van der Waals surface area (Å²) in [6.45, 7) is 8.43. The predicted octanol–water partition coefficient (Wildman–Crippen LogP) is 5.16. The van der Waals surface area contributed by atoms with Crippen LogP contribution in [0, 0.1) is 24.3 Å². The van der Waals surface area contributed by atoms with Crippen LogP contribution in [0.15, 0.2) is 41.3 Å². The van der Waals surface area contributed by atoms with Crippen LogP contribution in [-0.4, -0.2) is 37.2 Å². The lowest BCUT2D eigenvalue weighted by Crippen LogP contribution is -2.31. The first kappa shape index (κ1) is 22.1. The van der Waals surface area contributed by atoms with Crippen molar-refractivity contribution in [3.8, 4) is 5.69 Å². The number of nitrogens with one attached hydrogen (secondary N) is 1. The van der Waals surface area contributed by atoms with E-state index in [4.69, 9.17) is 11.6 Å². The lowest BCUT2D eigenvalue weighted by molar-refractivity contribution is -0.124. The third-order valence-electron chi connectivity index (χ3n) is 7.11. The fraction of sp³-hybridized carbons (Fsp3) is 0.385.